The topological polar surface area (TPSA) is 44.8 Å². The van der Waals surface area contributed by atoms with Crippen LogP contribution in [0.4, 0.5) is 17.6 Å². The molecule has 33 heavy (non-hydrogen) atoms. The van der Waals surface area contributed by atoms with Gasteiger partial charge in [-0.05, 0) is 80.4 Å². The van der Waals surface area contributed by atoms with E-state index >= 15 is 0 Å². The first kappa shape index (κ1) is 20.6. The van der Waals surface area contributed by atoms with E-state index < -0.39 is 17.5 Å². The first-order chi connectivity index (χ1) is 16.0. The Bertz CT molecular complexity index is 1360. The van der Waals surface area contributed by atoms with E-state index in [0.29, 0.717) is 17.8 Å². The van der Waals surface area contributed by atoms with Gasteiger partial charge >= 0.3 is 0 Å². The number of aromatic amines is 1. The maximum Gasteiger partial charge on any atom is 0.184 e. The van der Waals surface area contributed by atoms with Crippen molar-refractivity contribution in [3.05, 3.63) is 71.2 Å². The molecule has 0 amide bonds. The maximum absolute atomic E-state index is 14.3. The van der Waals surface area contributed by atoms with Crippen molar-refractivity contribution in [1.29, 1.82) is 0 Å². The van der Waals surface area contributed by atoms with Gasteiger partial charge in [0.1, 0.15) is 22.7 Å². The molecule has 8 heteroatoms. The van der Waals surface area contributed by atoms with E-state index in [0.717, 1.165) is 55.2 Å². The van der Waals surface area contributed by atoms with Crippen LogP contribution >= 0.6 is 0 Å². The Kier molecular flexibility index (Phi) is 4.87. The summed E-state index contributed by atoms with van der Waals surface area (Å²) in [6, 6.07) is 7.10. The molecular weight excluding hydrogens is 432 g/mol. The molecule has 0 bridgehead atoms. The molecule has 1 saturated heterocycles. The van der Waals surface area contributed by atoms with Gasteiger partial charge in [-0.25, -0.2) is 22.5 Å². The van der Waals surface area contributed by atoms with Crippen LogP contribution in [0.3, 0.4) is 0 Å². The molecule has 2 aliphatic rings. The van der Waals surface area contributed by atoms with Crippen LogP contribution in [0.1, 0.15) is 49.0 Å². The Morgan fingerprint density at radius 2 is 1.73 bits per heavy atom. The lowest BCUT2D eigenvalue weighted by Crippen LogP contribution is -2.37. The molecule has 1 saturated carbocycles. The fraction of sp³-hybridized carbons (Fsp3) is 0.360. The number of rotatable bonds is 4. The van der Waals surface area contributed by atoms with Crippen LogP contribution < -0.4 is 0 Å². The van der Waals surface area contributed by atoms with E-state index in [9.17, 15) is 17.6 Å². The molecule has 1 N–H and O–H groups in total. The summed E-state index contributed by atoms with van der Waals surface area (Å²) in [5.74, 6) is -2.34. The van der Waals surface area contributed by atoms with Crippen LogP contribution in [0.25, 0.3) is 21.9 Å². The number of nitrogens with zero attached hydrogens (tertiary/aromatic N) is 3. The van der Waals surface area contributed by atoms with Crippen LogP contribution in [0, 0.1) is 29.2 Å². The Morgan fingerprint density at radius 3 is 2.48 bits per heavy atom. The molecular formula is C25H22F4N4. The average molecular weight is 454 g/mol. The Morgan fingerprint density at radius 1 is 0.939 bits per heavy atom. The predicted molar refractivity (Wildman–Crippen MR) is 117 cm³/mol. The molecule has 2 fully saturated rings. The quantitative estimate of drug-likeness (QED) is 0.304. The van der Waals surface area contributed by atoms with Gasteiger partial charge in [0, 0.05) is 17.6 Å². The van der Waals surface area contributed by atoms with Crippen LogP contribution in [0.5, 0.6) is 0 Å². The lowest BCUT2D eigenvalue weighted by molar-refractivity contribution is 0.131. The number of pyridine rings is 1. The van der Waals surface area contributed by atoms with Gasteiger partial charge in [0.2, 0.25) is 0 Å². The number of hydrogen-bond donors (Lipinski definition) is 1. The summed E-state index contributed by atoms with van der Waals surface area (Å²) in [7, 11) is 0. The minimum Gasteiger partial charge on any atom is -0.338 e. The minimum absolute atomic E-state index is 0.0909. The first-order valence-corrected chi connectivity index (χ1v) is 11.3. The summed E-state index contributed by atoms with van der Waals surface area (Å²) in [6.45, 7) is 1.56. The Labute approximate surface area is 187 Å². The molecule has 3 heterocycles. The van der Waals surface area contributed by atoms with Gasteiger partial charge in [0.15, 0.2) is 17.5 Å². The highest BCUT2D eigenvalue weighted by Crippen LogP contribution is 2.46. The highest BCUT2D eigenvalue weighted by molar-refractivity contribution is 5.82. The van der Waals surface area contributed by atoms with Gasteiger partial charge in [-0.1, -0.05) is 0 Å². The van der Waals surface area contributed by atoms with E-state index in [2.05, 4.69) is 19.9 Å². The second-order valence-corrected chi connectivity index (χ2v) is 9.15. The molecule has 6 rings (SSSR count). The SMILES string of the molecule is Fc1ccc2nccc(C3CCN(C(c4nc5c(F)cc(F)c(F)c5[nH]4)C4CC4)CC3)c2c1. The normalized spacial score (nSPS) is 18.9. The van der Waals surface area contributed by atoms with Crippen LogP contribution in [-0.4, -0.2) is 32.9 Å². The van der Waals surface area contributed by atoms with Gasteiger partial charge in [-0.3, -0.25) is 9.88 Å². The fourth-order valence-electron chi connectivity index (χ4n) is 5.32. The third kappa shape index (κ3) is 3.57. The molecule has 4 nitrogen and oxygen atoms in total. The maximum atomic E-state index is 14.3. The standard InChI is InChI=1S/C25H22F4N4/c26-15-3-4-20-17(11-15)16(5-8-30-20)13-6-9-33(10-7-13)24(14-1-2-14)25-31-22-19(28)12-18(27)21(29)23(22)32-25/h3-5,8,11-14,24H,1-2,6-7,9-10H2,(H,31,32). The highest BCUT2D eigenvalue weighted by Gasteiger charge is 2.40. The second kappa shape index (κ2) is 7.80. The summed E-state index contributed by atoms with van der Waals surface area (Å²) in [5.41, 5.74) is 1.51. The number of halogens is 4. The lowest BCUT2D eigenvalue weighted by atomic mass is 9.86. The summed E-state index contributed by atoms with van der Waals surface area (Å²) >= 11 is 0. The Balaban J connectivity index is 1.28. The zero-order valence-electron chi connectivity index (χ0n) is 17.8. The number of imidazole rings is 1. The molecule has 1 unspecified atom stereocenters. The first-order valence-electron chi connectivity index (χ1n) is 11.3. The van der Waals surface area contributed by atoms with Crippen molar-refractivity contribution in [2.45, 2.75) is 37.6 Å². The van der Waals surface area contributed by atoms with Crippen molar-refractivity contribution in [2.24, 2.45) is 5.92 Å². The van der Waals surface area contributed by atoms with E-state index in [4.69, 9.17) is 0 Å². The smallest absolute Gasteiger partial charge is 0.184 e. The van der Waals surface area contributed by atoms with E-state index in [1.54, 1.807) is 18.3 Å². The average Bonchev–Trinajstić information content (AvgIpc) is 3.55. The molecule has 2 aromatic heterocycles. The lowest BCUT2D eigenvalue weighted by Gasteiger charge is -2.37. The van der Waals surface area contributed by atoms with Gasteiger partial charge in [0.25, 0.3) is 0 Å². The fourth-order valence-corrected chi connectivity index (χ4v) is 5.32. The number of fused-ring (bicyclic) bond motifs is 2. The highest BCUT2D eigenvalue weighted by atomic mass is 19.2. The monoisotopic (exact) mass is 454 g/mol. The summed E-state index contributed by atoms with van der Waals surface area (Å²) in [4.78, 5) is 13.9. The second-order valence-electron chi connectivity index (χ2n) is 9.15. The molecule has 0 spiro atoms. The van der Waals surface area contributed by atoms with Crippen molar-refractivity contribution in [3.63, 3.8) is 0 Å². The number of piperidine rings is 1. The molecule has 1 atom stereocenters. The Hall–Kier alpha value is -3.00. The molecule has 0 radical (unpaired) electrons. The van der Waals surface area contributed by atoms with Gasteiger partial charge in [0.05, 0.1) is 11.6 Å². The van der Waals surface area contributed by atoms with Crippen molar-refractivity contribution in [1.82, 2.24) is 19.9 Å². The number of aromatic nitrogens is 3. The number of nitrogens with one attached hydrogen (secondary N) is 1. The van der Waals surface area contributed by atoms with Crippen LogP contribution in [0.2, 0.25) is 0 Å². The van der Waals surface area contributed by atoms with Crippen molar-refractivity contribution in [2.75, 3.05) is 13.1 Å². The number of hydrogen-bond acceptors (Lipinski definition) is 3. The minimum atomic E-state index is -1.22. The molecule has 1 aliphatic heterocycles. The zero-order valence-corrected chi connectivity index (χ0v) is 17.8. The zero-order chi connectivity index (χ0) is 22.7. The molecule has 170 valence electrons. The van der Waals surface area contributed by atoms with E-state index in [1.165, 1.54) is 6.07 Å². The van der Waals surface area contributed by atoms with Gasteiger partial charge in [-0.15, -0.1) is 0 Å². The number of likely N-dealkylation sites (tertiary alicyclic amines) is 1. The van der Waals surface area contributed by atoms with Crippen LogP contribution in [-0.2, 0) is 0 Å². The van der Waals surface area contributed by atoms with Crippen molar-refractivity contribution in [3.8, 4) is 0 Å². The largest absolute Gasteiger partial charge is 0.338 e. The predicted octanol–water partition coefficient (Wildman–Crippen LogP) is 6.00. The van der Waals surface area contributed by atoms with Gasteiger partial charge in [-0.2, -0.15) is 0 Å². The van der Waals surface area contributed by atoms with Crippen molar-refractivity contribution >= 4 is 21.9 Å². The third-order valence-corrected chi connectivity index (χ3v) is 7.08. The summed E-state index contributed by atoms with van der Waals surface area (Å²) < 4.78 is 56.0. The number of H-pyrrole nitrogens is 1. The van der Waals surface area contributed by atoms with Crippen molar-refractivity contribution < 1.29 is 17.6 Å². The molecule has 1 aliphatic carbocycles. The molecule has 2 aromatic carbocycles. The third-order valence-electron chi connectivity index (χ3n) is 7.08. The molecule has 4 aromatic rings. The summed E-state index contributed by atoms with van der Waals surface area (Å²) in [6.07, 6.45) is 5.56. The number of benzene rings is 2. The van der Waals surface area contributed by atoms with Gasteiger partial charge < -0.3 is 4.98 Å². The van der Waals surface area contributed by atoms with E-state index in [-0.39, 0.29) is 28.8 Å². The summed E-state index contributed by atoms with van der Waals surface area (Å²) in [5, 5.41) is 0.847. The van der Waals surface area contributed by atoms with Crippen LogP contribution in [0.15, 0.2) is 36.5 Å². The van der Waals surface area contributed by atoms with E-state index in [1.807, 2.05) is 6.07 Å².